The molecule has 0 aliphatic carbocycles. The van der Waals surface area contributed by atoms with Gasteiger partial charge in [0.05, 0.1) is 6.10 Å². The SMILES string of the molecule is CC(O)C(O)C(O)C(C)N=O. The first kappa shape index (κ1) is 10.5. The lowest BCUT2D eigenvalue weighted by Gasteiger charge is -2.21. The number of nitrogens with zero attached hydrogens (tertiary/aromatic N) is 1. The minimum absolute atomic E-state index is 0.903. The minimum Gasteiger partial charge on any atom is -0.391 e. The molecule has 5 nitrogen and oxygen atoms in total. The number of aliphatic hydroxyl groups excluding tert-OH is 3. The van der Waals surface area contributed by atoms with Crippen molar-refractivity contribution < 1.29 is 15.3 Å². The summed E-state index contributed by atoms with van der Waals surface area (Å²) >= 11 is 0. The molecule has 66 valence electrons. The average Bonchev–Trinajstić information content (AvgIpc) is 2.00. The van der Waals surface area contributed by atoms with Gasteiger partial charge in [-0.15, -0.1) is 0 Å². The maximum atomic E-state index is 9.87. The fourth-order valence-electron chi connectivity index (χ4n) is 0.633. The molecule has 0 saturated heterocycles. The summed E-state index contributed by atoms with van der Waals surface area (Å²) in [6.45, 7) is 2.69. The second kappa shape index (κ2) is 4.38. The van der Waals surface area contributed by atoms with Crippen LogP contribution in [0.15, 0.2) is 5.18 Å². The third-order valence-electron chi connectivity index (χ3n) is 1.50. The van der Waals surface area contributed by atoms with E-state index < -0.39 is 24.4 Å². The highest BCUT2D eigenvalue weighted by molar-refractivity contribution is 4.80. The molecule has 0 amide bonds. The molecular weight excluding hydrogens is 150 g/mol. The van der Waals surface area contributed by atoms with Crippen molar-refractivity contribution >= 4 is 0 Å². The first-order chi connectivity index (χ1) is 5.00. The number of aliphatic hydroxyl groups is 3. The molecule has 3 N–H and O–H groups in total. The van der Waals surface area contributed by atoms with E-state index in [4.69, 9.17) is 15.3 Å². The Balaban J connectivity index is 4.00. The molecule has 4 atom stereocenters. The standard InChI is InChI=1S/C6H13NO4/c1-3(7-11)5(9)6(10)4(2)8/h3-6,8-10H,1-2H3. The predicted molar refractivity (Wildman–Crippen MR) is 39.0 cm³/mol. The first-order valence-electron chi connectivity index (χ1n) is 3.37. The lowest BCUT2D eigenvalue weighted by Crippen LogP contribution is -2.41. The summed E-state index contributed by atoms with van der Waals surface area (Å²) in [6.07, 6.45) is -3.68. The van der Waals surface area contributed by atoms with Crippen LogP contribution in [0.4, 0.5) is 0 Å². The zero-order valence-electron chi connectivity index (χ0n) is 6.51. The normalized spacial score (nSPS) is 21.9. The highest BCUT2D eigenvalue weighted by Crippen LogP contribution is 2.06. The molecule has 0 saturated carbocycles. The van der Waals surface area contributed by atoms with Crippen LogP contribution in [-0.2, 0) is 0 Å². The van der Waals surface area contributed by atoms with E-state index in [0.29, 0.717) is 0 Å². The molecule has 0 rings (SSSR count). The van der Waals surface area contributed by atoms with E-state index in [1.54, 1.807) is 0 Å². The number of nitroso groups, excluding NO2 is 1. The first-order valence-corrected chi connectivity index (χ1v) is 3.37. The van der Waals surface area contributed by atoms with Crippen LogP contribution >= 0.6 is 0 Å². The average molecular weight is 163 g/mol. The molecule has 0 bridgehead atoms. The summed E-state index contributed by atoms with van der Waals surface area (Å²) in [4.78, 5) is 9.87. The van der Waals surface area contributed by atoms with Crippen molar-refractivity contribution in [1.29, 1.82) is 0 Å². The summed E-state index contributed by atoms with van der Waals surface area (Å²) < 4.78 is 0. The van der Waals surface area contributed by atoms with Crippen LogP contribution in [-0.4, -0.2) is 39.7 Å². The van der Waals surface area contributed by atoms with E-state index in [-0.39, 0.29) is 0 Å². The maximum absolute atomic E-state index is 9.87. The molecule has 5 heteroatoms. The Morgan fingerprint density at radius 2 is 1.55 bits per heavy atom. The van der Waals surface area contributed by atoms with Crippen LogP contribution in [0.2, 0.25) is 0 Å². The number of hydrogen-bond donors (Lipinski definition) is 3. The monoisotopic (exact) mass is 163 g/mol. The third-order valence-corrected chi connectivity index (χ3v) is 1.50. The fourth-order valence-corrected chi connectivity index (χ4v) is 0.633. The van der Waals surface area contributed by atoms with Crippen LogP contribution in [0.1, 0.15) is 13.8 Å². The Kier molecular flexibility index (Phi) is 4.17. The molecule has 0 aliphatic rings. The summed E-state index contributed by atoms with van der Waals surface area (Å²) in [5, 5.41) is 29.4. The van der Waals surface area contributed by atoms with Crippen LogP contribution in [0.3, 0.4) is 0 Å². The zero-order chi connectivity index (χ0) is 9.02. The Bertz CT molecular complexity index is 128. The molecule has 4 unspecified atom stereocenters. The van der Waals surface area contributed by atoms with Gasteiger partial charge in [0, 0.05) is 0 Å². The molecule has 0 aliphatic heterocycles. The van der Waals surface area contributed by atoms with E-state index in [1.165, 1.54) is 13.8 Å². The van der Waals surface area contributed by atoms with Crippen LogP contribution in [0, 0.1) is 4.91 Å². The van der Waals surface area contributed by atoms with E-state index in [1.807, 2.05) is 0 Å². The van der Waals surface area contributed by atoms with Gasteiger partial charge < -0.3 is 15.3 Å². The molecule has 11 heavy (non-hydrogen) atoms. The Hall–Kier alpha value is -0.520. The second-order valence-corrected chi connectivity index (χ2v) is 2.57. The smallest absolute Gasteiger partial charge is 0.118 e. The van der Waals surface area contributed by atoms with E-state index in [9.17, 15) is 4.91 Å². The van der Waals surface area contributed by atoms with Gasteiger partial charge in [0.1, 0.15) is 18.2 Å². The second-order valence-electron chi connectivity index (χ2n) is 2.57. The quantitative estimate of drug-likeness (QED) is 0.475. The number of rotatable bonds is 4. The molecule has 0 aromatic heterocycles. The third kappa shape index (κ3) is 2.92. The van der Waals surface area contributed by atoms with Gasteiger partial charge in [-0.3, -0.25) is 0 Å². The van der Waals surface area contributed by atoms with Crippen molar-refractivity contribution in [2.24, 2.45) is 5.18 Å². The van der Waals surface area contributed by atoms with Crippen molar-refractivity contribution in [3.8, 4) is 0 Å². The van der Waals surface area contributed by atoms with Crippen molar-refractivity contribution in [2.45, 2.75) is 38.2 Å². The summed E-state index contributed by atoms with van der Waals surface area (Å²) in [5.74, 6) is 0. The fraction of sp³-hybridized carbons (Fsp3) is 1.00. The summed E-state index contributed by atoms with van der Waals surface area (Å²) in [7, 11) is 0. The molecule has 0 radical (unpaired) electrons. The molecule has 0 aromatic carbocycles. The van der Waals surface area contributed by atoms with Gasteiger partial charge in [-0.25, -0.2) is 0 Å². The van der Waals surface area contributed by atoms with Crippen molar-refractivity contribution in [3.05, 3.63) is 4.91 Å². The molecular formula is C6H13NO4. The highest BCUT2D eigenvalue weighted by atomic mass is 16.4. The van der Waals surface area contributed by atoms with Gasteiger partial charge in [0.25, 0.3) is 0 Å². The van der Waals surface area contributed by atoms with E-state index in [2.05, 4.69) is 5.18 Å². The molecule has 0 aromatic rings. The lowest BCUT2D eigenvalue weighted by atomic mass is 10.0. The van der Waals surface area contributed by atoms with Gasteiger partial charge in [0.15, 0.2) is 0 Å². The Morgan fingerprint density at radius 1 is 1.09 bits per heavy atom. The van der Waals surface area contributed by atoms with Crippen LogP contribution < -0.4 is 0 Å². The van der Waals surface area contributed by atoms with Gasteiger partial charge >= 0.3 is 0 Å². The lowest BCUT2D eigenvalue weighted by molar-refractivity contribution is -0.0584. The topological polar surface area (TPSA) is 90.1 Å². The van der Waals surface area contributed by atoms with Gasteiger partial charge in [-0.05, 0) is 13.8 Å². The summed E-state index contributed by atoms with van der Waals surface area (Å²) in [6, 6.07) is -0.903. The predicted octanol–water partition coefficient (Wildman–Crippen LogP) is -0.756. The minimum atomic E-state index is -1.32. The van der Waals surface area contributed by atoms with Crippen LogP contribution in [0.25, 0.3) is 0 Å². The van der Waals surface area contributed by atoms with Crippen molar-refractivity contribution in [2.75, 3.05) is 0 Å². The van der Waals surface area contributed by atoms with Gasteiger partial charge in [-0.2, -0.15) is 4.91 Å². The van der Waals surface area contributed by atoms with Crippen LogP contribution in [0.5, 0.6) is 0 Å². The van der Waals surface area contributed by atoms with E-state index in [0.717, 1.165) is 0 Å². The highest BCUT2D eigenvalue weighted by Gasteiger charge is 2.26. The van der Waals surface area contributed by atoms with Crippen molar-refractivity contribution in [1.82, 2.24) is 0 Å². The Morgan fingerprint density at radius 3 is 1.82 bits per heavy atom. The van der Waals surface area contributed by atoms with Gasteiger partial charge in [-0.1, -0.05) is 5.18 Å². The largest absolute Gasteiger partial charge is 0.391 e. The molecule has 0 heterocycles. The number of hydrogen-bond acceptors (Lipinski definition) is 5. The molecule has 0 spiro atoms. The Labute approximate surface area is 64.6 Å². The van der Waals surface area contributed by atoms with Gasteiger partial charge in [0.2, 0.25) is 0 Å². The van der Waals surface area contributed by atoms with E-state index >= 15 is 0 Å². The maximum Gasteiger partial charge on any atom is 0.118 e. The molecule has 0 fully saturated rings. The summed E-state index contributed by atoms with van der Waals surface area (Å²) in [5.41, 5.74) is 0. The zero-order valence-corrected chi connectivity index (χ0v) is 6.51. The van der Waals surface area contributed by atoms with Crippen molar-refractivity contribution in [3.63, 3.8) is 0 Å².